The van der Waals surface area contributed by atoms with Crippen LogP contribution in [-0.4, -0.2) is 26.2 Å². The topological polar surface area (TPSA) is 15.3 Å². The molecule has 0 bridgehead atoms. The fraction of sp³-hybridized carbons (Fsp3) is 0.375. The lowest BCUT2D eigenvalue weighted by Gasteiger charge is -2.24. The number of hydrogen-bond donors (Lipinski definition) is 1. The number of rotatable bonds is 6. The van der Waals surface area contributed by atoms with Crippen LogP contribution < -0.4 is 10.2 Å². The van der Waals surface area contributed by atoms with E-state index in [0.29, 0.717) is 0 Å². The first-order valence-corrected chi connectivity index (χ1v) is 6.80. The minimum absolute atomic E-state index is 1.03. The number of nitrogens with zero attached hydrogens (tertiary/aromatic N) is 1. The summed E-state index contributed by atoms with van der Waals surface area (Å²) in [5.74, 6) is 0. The second-order valence-electron chi connectivity index (χ2n) is 4.43. The van der Waals surface area contributed by atoms with Gasteiger partial charge in [0.15, 0.2) is 0 Å². The number of anilines is 1. The van der Waals surface area contributed by atoms with Gasteiger partial charge in [-0.1, -0.05) is 43.3 Å². The molecule has 2 aromatic carbocycles. The van der Waals surface area contributed by atoms with Gasteiger partial charge in [0.1, 0.15) is 0 Å². The molecule has 0 spiro atoms. The van der Waals surface area contributed by atoms with Crippen molar-refractivity contribution in [2.24, 2.45) is 0 Å². The van der Waals surface area contributed by atoms with Gasteiger partial charge in [0.05, 0.1) is 0 Å². The van der Waals surface area contributed by atoms with Gasteiger partial charge in [0.25, 0.3) is 0 Å². The summed E-state index contributed by atoms with van der Waals surface area (Å²) in [6, 6.07) is 15.1. The molecule has 0 fully saturated rings. The Morgan fingerprint density at radius 1 is 1.00 bits per heavy atom. The van der Waals surface area contributed by atoms with Crippen molar-refractivity contribution in [3.05, 3.63) is 42.5 Å². The molecule has 2 heteroatoms. The maximum absolute atomic E-state index is 3.39. The normalized spacial score (nSPS) is 10.8. The van der Waals surface area contributed by atoms with Crippen molar-refractivity contribution >= 4 is 16.5 Å². The third kappa shape index (κ3) is 2.82. The molecule has 0 unspecified atom stereocenters. The fourth-order valence-corrected chi connectivity index (χ4v) is 2.32. The highest BCUT2D eigenvalue weighted by Gasteiger charge is 2.07. The standard InChI is InChI=1S/C16H22N2/c1-3-17-12-13-18(4-2)16-11-7-9-14-8-5-6-10-15(14)16/h5-11,17H,3-4,12-13H2,1-2H3. The van der Waals surface area contributed by atoms with E-state index in [1.807, 2.05) is 0 Å². The summed E-state index contributed by atoms with van der Waals surface area (Å²) in [6.07, 6.45) is 0. The molecule has 0 atom stereocenters. The average molecular weight is 242 g/mol. The van der Waals surface area contributed by atoms with Crippen LogP contribution in [0.5, 0.6) is 0 Å². The van der Waals surface area contributed by atoms with Crippen molar-refractivity contribution in [1.82, 2.24) is 5.32 Å². The number of hydrogen-bond acceptors (Lipinski definition) is 2. The van der Waals surface area contributed by atoms with Crippen LogP contribution >= 0.6 is 0 Å². The number of likely N-dealkylation sites (N-methyl/N-ethyl adjacent to an activating group) is 2. The third-order valence-electron chi connectivity index (χ3n) is 3.30. The lowest BCUT2D eigenvalue weighted by Crippen LogP contribution is -2.32. The van der Waals surface area contributed by atoms with Crippen LogP contribution in [0.3, 0.4) is 0 Å². The van der Waals surface area contributed by atoms with Gasteiger partial charge in [-0.25, -0.2) is 0 Å². The zero-order chi connectivity index (χ0) is 12.8. The Kier molecular flexibility index (Phi) is 4.59. The van der Waals surface area contributed by atoms with Crippen molar-refractivity contribution in [3.8, 4) is 0 Å². The lowest BCUT2D eigenvalue weighted by atomic mass is 10.1. The zero-order valence-electron chi connectivity index (χ0n) is 11.3. The van der Waals surface area contributed by atoms with Crippen molar-refractivity contribution < 1.29 is 0 Å². The van der Waals surface area contributed by atoms with Crippen LogP contribution in [0, 0.1) is 0 Å². The smallest absolute Gasteiger partial charge is 0.0446 e. The molecule has 2 rings (SSSR count). The summed E-state index contributed by atoms with van der Waals surface area (Å²) in [5, 5.41) is 6.05. The molecule has 0 heterocycles. The van der Waals surface area contributed by atoms with Crippen LogP contribution in [0.4, 0.5) is 5.69 Å². The van der Waals surface area contributed by atoms with E-state index in [0.717, 1.165) is 26.2 Å². The first kappa shape index (κ1) is 12.9. The monoisotopic (exact) mass is 242 g/mol. The Bertz CT molecular complexity index is 488. The summed E-state index contributed by atoms with van der Waals surface area (Å²) in [4.78, 5) is 2.44. The van der Waals surface area contributed by atoms with Crippen molar-refractivity contribution in [3.63, 3.8) is 0 Å². The fourth-order valence-electron chi connectivity index (χ4n) is 2.32. The highest BCUT2D eigenvalue weighted by atomic mass is 15.1. The molecular weight excluding hydrogens is 220 g/mol. The molecule has 0 aliphatic carbocycles. The quantitative estimate of drug-likeness (QED) is 0.782. The molecule has 0 aromatic heterocycles. The zero-order valence-corrected chi connectivity index (χ0v) is 11.3. The van der Waals surface area contributed by atoms with E-state index in [1.54, 1.807) is 0 Å². The molecular formula is C16H22N2. The molecule has 2 aromatic rings. The molecule has 96 valence electrons. The molecule has 0 amide bonds. The molecule has 0 saturated carbocycles. The Labute approximate surface area is 110 Å². The van der Waals surface area contributed by atoms with Gasteiger partial charge in [-0.2, -0.15) is 0 Å². The van der Waals surface area contributed by atoms with Gasteiger partial charge in [-0.15, -0.1) is 0 Å². The highest BCUT2D eigenvalue weighted by Crippen LogP contribution is 2.26. The maximum atomic E-state index is 3.39. The van der Waals surface area contributed by atoms with Crippen LogP contribution in [0.25, 0.3) is 10.8 Å². The van der Waals surface area contributed by atoms with Gasteiger partial charge in [0, 0.05) is 30.7 Å². The largest absolute Gasteiger partial charge is 0.370 e. The van der Waals surface area contributed by atoms with Crippen molar-refractivity contribution in [2.45, 2.75) is 13.8 Å². The van der Waals surface area contributed by atoms with Gasteiger partial charge < -0.3 is 10.2 Å². The number of nitrogens with one attached hydrogen (secondary N) is 1. The molecule has 18 heavy (non-hydrogen) atoms. The molecule has 0 saturated heterocycles. The lowest BCUT2D eigenvalue weighted by molar-refractivity contribution is 0.689. The van der Waals surface area contributed by atoms with Gasteiger partial charge in [-0.05, 0) is 24.9 Å². The Morgan fingerprint density at radius 2 is 1.78 bits per heavy atom. The Morgan fingerprint density at radius 3 is 2.56 bits per heavy atom. The Balaban J connectivity index is 2.27. The van der Waals surface area contributed by atoms with Crippen molar-refractivity contribution in [1.29, 1.82) is 0 Å². The van der Waals surface area contributed by atoms with E-state index in [-0.39, 0.29) is 0 Å². The minimum atomic E-state index is 1.03. The van der Waals surface area contributed by atoms with E-state index in [2.05, 4.69) is 66.5 Å². The summed E-state index contributed by atoms with van der Waals surface area (Å²) >= 11 is 0. The summed E-state index contributed by atoms with van der Waals surface area (Å²) in [5.41, 5.74) is 1.34. The molecule has 0 aliphatic rings. The second kappa shape index (κ2) is 6.41. The molecule has 2 nitrogen and oxygen atoms in total. The van der Waals surface area contributed by atoms with Gasteiger partial charge in [-0.3, -0.25) is 0 Å². The van der Waals surface area contributed by atoms with Crippen LogP contribution in [-0.2, 0) is 0 Å². The SMILES string of the molecule is CCNCCN(CC)c1cccc2ccccc12. The van der Waals surface area contributed by atoms with Gasteiger partial charge >= 0.3 is 0 Å². The highest BCUT2D eigenvalue weighted by molar-refractivity contribution is 5.94. The molecule has 0 radical (unpaired) electrons. The second-order valence-corrected chi connectivity index (χ2v) is 4.43. The van der Waals surface area contributed by atoms with Crippen molar-refractivity contribution in [2.75, 3.05) is 31.1 Å². The van der Waals surface area contributed by atoms with Crippen LogP contribution in [0.2, 0.25) is 0 Å². The number of benzene rings is 2. The maximum Gasteiger partial charge on any atom is 0.0446 e. The van der Waals surface area contributed by atoms with E-state index >= 15 is 0 Å². The average Bonchev–Trinajstić information content (AvgIpc) is 2.43. The minimum Gasteiger partial charge on any atom is -0.370 e. The number of fused-ring (bicyclic) bond motifs is 1. The van der Waals surface area contributed by atoms with E-state index < -0.39 is 0 Å². The summed E-state index contributed by atoms with van der Waals surface area (Å²) in [7, 11) is 0. The van der Waals surface area contributed by atoms with Crippen LogP contribution in [0.1, 0.15) is 13.8 Å². The van der Waals surface area contributed by atoms with E-state index in [1.165, 1.54) is 16.5 Å². The van der Waals surface area contributed by atoms with E-state index in [4.69, 9.17) is 0 Å². The first-order valence-electron chi connectivity index (χ1n) is 6.80. The predicted molar refractivity (Wildman–Crippen MR) is 80.4 cm³/mol. The van der Waals surface area contributed by atoms with E-state index in [9.17, 15) is 0 Å². The Hall–Kier alpha value is -1.54. The third-order valence-corrected chi connectivity index (χ3v) is 3.30. The predicted octanol–water partition coefficient (Wildman–Crippen LogP) is 3.28. The van der Waals surface area contributed by atoms with Crippen LogP contribution in [0.15, 0.2) is 42.5 Å². The summed E-state index contributed by atoms with van der Waals surface area (Å²) in [6.45, 7) is 8.53. The molecule has 1 N–H and O–H groups in total. The van der Waals surface area contributed by atoms with Gasteiger partial charge in [0.2, 0.25) is 0 Å². The summed E-state index contributed by atoms with van der Waals surface area (Å²) < 4.78 is 0. The molecule has 0 aliphatic heterocycles. The first-order chi connectivity index (χ1) is 8.86.